The summed E-state index contributed by atoms with van der Waals surface area (Å²) in [6.07, 6.45) is 3.29. The zero-order valence-electron chi connectivity index (χ0n) is 12.3. The van der Waals surface area contributed by atoms with Crippen LogP contribution < -0.4 is 10.6 Å². The number of aromatic nitrogens is 3. The highest BCUT2D eigenvalue weighted by Crippen LogP contribution is 2.38. The molecule has 2 aliphatic rings. The van der Waals surface area contributed by atoms with Gasteiger partial charge in [-0.1, -0.05) is 12.1 Å². The Morgan fingerprint density at radius 2 is 2.18 bits per heavy atom. The van der Waals surface area contributed by atoms with Gasteiger partial charge in [-0.15, -0.1) is 0 Å². The van der Waals surface area contributed by atoms with Crippen LogP contribution in [0.2, 0.25) is 0 Å². The maximum absolute atomic E-state index is 12.2. The van der Waals surface area contributed by atoms with Crippen molar-refractivity contribution in [3.05, 3.63) is 30.1 Å². The number of aromatic amines is 1. The predicted molar refractivity (Wildman–Crippen MR) is 83.4 cm³/mol. The topological polar surface area (TPSA) is 82.7 Å². The Morgan fingerprint density at radius 3 is 2.95 bits per heavy atom. The minimum atomic E-state index is 0.0635. The van der Waals surface area contributed by atoms with E-state index in [0.717, 1.165) is 36.6 Å². The second-order valence-corrected chi connectivity index (χ2v) is 6.08. The molecular formula is C16H19N5O. The molecule has 3 N–H and O–H groups in total. The summed E-state index contributed by atoms with van der Waals surface area (Å²) in [6, 6.07) is 7.72. The smallest absolute Gasteiger partial charge is 0.228 e. The molecular weight excluding hydrogens is 278 g/mol. The van der Waals surface area contributed by atoms with Crippen LogP contribution in [-0.4, -0.2) is 34.2 Å². The lowest BCUT2D eigenvalue weighted by Gasteiger charge is -2.10. The normalized spacial score (nSPS) is 21.0. The molecule has 1 unspecified atom stereocenters. The number of amides is 1. The molecule has 1 atom stereocenters. The first-order valence-electron chi connectivity index (χ1n) is 7.84. The molecule has 6 heteroatoms. The Hall–Kier alpha value is -2.21. The van der Waals surface area contributed by atoms with E-state index in [1.54, 1.807) is 0 Å². The number of carbonyl (C=O) groups is 1. The molecule has 6 nitrogen and oxygen atoms in total. The Balaban J connectivity index is 1.50. The van der Waals surface area contributed by atoms with Crippen molar-refractivity contribution in [2.45, 2.75) is 25.2 Å². The SMILES string of the molecule is O=C(Nc1cccc(-c2n[nH]c(C3CC3)n2)c1)C1CCNC1. The average Bonchev–Trinajstić information content (AvgIpc) is 3.06. The fourth-order valence-electron chi connectivity index (χ4n) is 2.80. The molecule has 1 saturated carbocycles. The van der Waals surface area contributed by atoms with Gasteiger partial charge < -0.3 is 10.6 Å². The van der Waals surface area contributed by atoms with Crippen molar-refractivity contribution in [1.82, 2.24) is 20.5 Å². The number of hydrogen-bond acceptors (Lipinski definition) is 4. The molecule has 1 aliphatic carbocycles. The number of carbonyl (C=O) groups excluding carboxylic acids is 1. The summed E-state index contributed by atoms with van der Waals surface area (Å²) in [5.41, 5.74) is 1.72. The second-order valence-electron chi connectivity index (χ2n) is 6.08. The van der Waals surface area contributed by atoms with E-state index in [-0.39, 0.29) is 11.8 Å². The van der Waals surface area contributed by atoms with Crippen LogP contribution in [0.3, 0.4) is 0 Å². The van der Waals surface area contributed by atoms with Gasteiger partial charge in [0.25, 0.3) is 0 Å². The third kappa shape index (κ3) is 2.74. The van der Waals surface area contributed by atoms with E-state index in [2.05, 4.69) is 25.8 Å². The van der Waals surface area contributed by atoms with E-state index in [1.807, 2.05) is 24.3 Å². The van der Waals surface area contributed by atoms with Gasteiger partial charge in [0.15, 0.2) is 5.82 Å². The Labute approximate surface area is 128 Å². The standard InChI is InChI=1S/C16H19N5O/c22-16(12-6-7-17-9-12)18-13-3-1-2-11(8-13)15-19-14(20-21-15)10-4-5-10/h1-3,8,10,12,17H,4-7,9H2,(H,18,22)(H,19,20,21). The third-order valence-electron chi connectivity index (χ3n) is 4.29. The van der Waals surface area contributed by atoms with Crippen LogP contribution in [0.25, 0.3) is 11.4 Å². The number of nitrogens with one attached hydrogen (secondary N) is 3. The largest absolute Gasteiger partial charge is 0.326 e. The van der Waals surface area contributed by atoms with Crippen LogP contribution in [0.5, 0.6) is 0 Å². The van der Waals surface area contributed by atoms with Crippen molar-refractivity contribution < 1.29 is 4.79 Å². The van der Waals surface area contributed by atoms with E-state index in [9.17, 15) is 4.79 Å². The zero-order valence-corrected chi connectivity index (χ0v) is 12.3. The molecule has 114 valence electrons. The van der Waals surface area contributed by atoms with Crippen molar-refractivity contribution >= 4 is 11.6 Å². The van der Waals surface area contributed by atoms with E-state index < -0.39 is 0 Å². The predicted octanol–water partition coefficient (Wildman–Crippen LogP) is 1.90. The maximum Gasteiger partial charge on any atom is 0.228 e. The quantitative estimate of drug-likeness (QED) is 0.805. The summed E-state index contributed by atoms with van der Waals surface area (Å²) in [5, 5.41) is 13.5. The van der Waals surface area contributed by atoms with E-state index in [4.69, 9.17) is 0 Å². The average molecular weight is 297 g/mol. The summed E-state index contributed by atoms with van der Waals surface area (Å²) in [6.45, 7) is 1.68. The molecule has 2 heterocycles. The summed E-state index contributed by atoms with van der Waals surface area (Å²) in [7, 11) is 0. The van der Waals surface area contributed by atoms with Crippen LogP contribution in [0.1, 0.15) is 31.0 Å². The van der Waals surface area contributed by atoms with Crippen LogP contribution in [0, 0.1) is 5.92 Å². The van der Waals surface area contributed by atoms with Crippen molar-refractivity contribution in [3.8, 4) is 11.4 Å². The monoisotopic (exact) mass is 297 g/mol. The summed E-state index contributed by atoms with van der Waals surface area (Å²) in [5.74, 6) is 2.37. The number of benzene rings is 1. The second kappa shape index (κ2) is 5.53. The maximum atomic E-state index is 12.2. The van der Waals surface area contributed by atoms with Gasteiger partial charge in [0.2, 0.25) is 5.91 Å². The molecule has 0 bridgehead atoms. The van der Waals surface area contributed by atoms with Crippen molar-refractivity contribution in [2.75, 3.05) is 18.4 Å². The zero-order chi connectivity index (χ0) is 14.9. The lowest BCUT2D eigenvalue weighted by atomic mass is 10.1. The molecule has 0 radical (unpaired) electrons. The van der Waals surface area contributed by atoms with Gasteiger partial charge >= 0.3 is 0 Å². The molecule has 1 aromatic heterocycles. The van der Waals surface area contributed by atoms with Crippen molar-refractivity contribution in [1.29, 1.82) is 0 Å². The summed E-state index contributed by atoms with van der Waals surface area (Å²) >= 11 is 0. The first-order valence-corrected chi connectivity index (χ1v) is 7.84. The number of H-pyrrole nitrogens is 1. The minimum Gasteiger partial charge on any atom is -0.326 e. The lowest BCUT2D eigenvalue weighted by Crippen LogP contribution is -2.24. The first-order chi connectivity index (χ1) is 10.8. The third-order valence-corrected chi connectivity index (χ3v) is 4.29. The number of anilines is 1. The number of rotatable bonds is 4. The molecule has 1 aromatic carbocycles. The highest BCUT2D eigenvalue weighted by atomic mass is 16.1. The Morgan fingerprint density at radius 1 is 1.27 bits per heavy atom. The lowest BCUT2D eigenvalue weighted by molar-refractivity contribution is -0.119. The highest BCUT2D eigenvalue weighted by molar-refractivity contribution is 5.93. The highest BCUT2D eigenvalue weighted by Gasteiger charge is 2.27. The molecule has 4 rings (SSSR count). The minimum absolute atomic E-state index is 0.0635. The molecule has 1 aliphatic heterocycles. The molecule has 1 saturated heterocycles. The van der Waals surface area contributed by atoms with Crippen molar-refractivity contribution in [3.63, 3.8) is 0 Å². The van der Waals surface area contributed by atoms with Crippen molar-refractivity contribution in [2.24, 2.45) is 5.92 Å². The van der Waals surface area contributed by atoms with Gasteiger partial charge in [-0.3, -0.25) is 9.89 Å². The van der Waals surface area contributed by atoms with E-state index in [1.165, 1.54) is 12.8 Å². The van der Waals surface area contributed by atoms with Gasteiger partial charge in [0.05, 0.1) is 5.92 Å². The fraction of sp³-hybridized carbons (Fsp3) is 0.438. The molecule has 2 fully saturated rings. The van der Waals surface area contributed by atoms with Gasteiger partial charge in [-0.2, -0.15) is 5.10 Å². The number of hydrogen-bond donors (Lipinski definition) is 3. The summed E-state index contributed by atoms with van der Waals surface area (Å²) < 4.78 is 0. The molecule has 0 spiro atoms. The summed E-state index contributed by atoms with van der Waals surface area (Å²) in [4.78, 5) is 16.7. The van der Waals surface area contributed by atoms with Crippen LogP contribution in [0.15, 0.2) is 24.3 Å². The van der Waals surface area contributed by atoms with Gasteiger partial charge in [0, 0.05) is 23.7 Å². The van der Waals surface area contributed by atoms with Crippen LogP contribution in [-0.2, 0) is 4.79 Å². The first kappa shape index (κ1) is 13.5. The Bertz CT molecular complexity index is 685. The van der Waals surface area contributed by atoms with E-state index in [0.29, 0.717) is 11.7 Å². The Kier molecular flexibility index (Phi) is 3.38. The van der Waals surface area contributed by atoms with E-state index >= 15 is 0 Å². The fourth-order valence-corrected chi connectivity index (χ4v) is 2.80. The molecule has 2 aromatic rings. The van der Waals surface area contributed by atoms with Crippen LogP contribution >= 0.6 is 0 Å². The molecule has 1 amide bonds. The molecule has 22 heavy (non-hydrogen) atoms. The van der Waals surface area contributed by atoms with Gasteiger partial charge in [0.1, 0.15) is 5.82 Å². The van der Waals surface area contributed by atoms with Gasteiger partial charge in [-0.25, -0.2) is 4.98 Å². The van der Waals surface area contributed by atoms with Crippen LogP contribution in [0.4, 0.5) is 5.69 Å². The van der Waals surface area contributed by atoms with Gasteiger partial charge in [-0.05, 0) is 37.9 Å². The number of nitrogens with zero attached hydrogens (tertiary/aromatic N) is 2.